The minimum Gasteiger partial charge on any atom is -0.496 e. The molecule has 0 atom stereocenters. The molecule has 1 aliphatic rings. The summed E-state index contributed by atoms with van der Waals surface area (Å²) in [7, 11) is 1.64. The fourth-order valence-electron chi connectivity index (χ4n) is 4.80. The molecule has 0 spiro atoms. The van der Waals surface area contributed by atoms with Crippen LogP contribution in [0.3, 0.4) is 0 Å². The first kappa shape index (κ1) is 20.3. The number of carbonyl (C=O) groups is 1. The Morgan fingerprint density at radius 1 is 0.875 bits per heavy atom. The molecular weight excluding hydrogens is 394 g/mol. The van der Waals surface area contributed by atoms with Crippen LogP contribution in [-0.4, -0.2) is 24.0 Å². The molecule has 0 N–H and O–H groups in total. The predicted molar refractivity (Wildman–Crippen MR) is 129 cm³/mol. The van der Waals surface area contributed by atoms with E-state index in [9.17, 15) is 4.79 Å². The Balaban J connectivity index is 1.58. The number of hydrogen-bond acceptors (Lipinski definition) is 2. The van der Waals surface area contributed by atoms with Crippen molar-refractivity contribution in [2.45, 2.75) is 32.4 Å². The van der Waals surface area contributed by atoms with Crippen molar-refractivity contribution >= 4 is 16.7 Å². The van der Waals surface area contributed by atoms with Crippen molar-refractivity contribution in [3.8, 4) is 5.75 Å². The summed E-state index contributed by atoms with van der Waals surface area (Å²) in [5.41, 5.74) is 5.68. The molecule has 1 aliphatic carbocycles. The van der Waals surface area contributed by atoms with Gasteiger partial charge in [-0.1, -0.05) is 84.4 Å². The molecule has 32 heavy (non-hydrogen) atoms. The van der Waals surface area contributed by atoms with Gasteiger partial charge >= 0.3 is 0 Å². The molecule has 0 radical (unpaired) electrons. The fraction of sp³-hybridized carbons (Fsp3) is 0.207. The average molecular weight is 422 g/mol. The van der Waals surface area contributed by atoms with Gasteiger partial charge in [-0.25, -0.2) is 0 Å². The van der Waals surface area contributed by atoms with Gasteiger partial charge in [-0.3, -0.25) is 4.79 Å². The lowest BCUT2D eigenvalue weighted by molar-refractivity contribution is 0.0666. The molecular formula is C29H27NO2. The Kier molecular flexibility index (Phi) is 5.40. The van der Waals surface area contributed by atoms with Gasteiger partial charge in [-0.15, -0.1) is 0 Å². The van der Waals surface area contributed by atoms with E-state index in [1.807, 2.05) is 36.4 Å². The van der Waals surface area contributed by atoms with Gasteiger partial charge in [-0.2, -0.15) is 0 Å². The topological polar surface area (TPSA) is 29.5 Å². The van der Waals surface area contributed by atoms with Crippen molar-refractivity contribution in [3.63, 3.8) is 0 Å². The standard InChI is InChI=1S/C29H27NO2/c1-20-11-13-21(14-12-20)19-30(25-17-23-8-3-4-9-24(23)18-25)29(31)28-26-10-6-5-7-22(26)15-16-27(28)32-2/h3-16,25H,17-19H2,1-2H3. The molecule has 0 bridgehead atoms. The van der Waals surface area contributed by atoms with Gasteiger partial charge in [0.25, 0.3) is 5.91 Å². The largest absolute Gasteiger partial charge is 0.496 e. The first-order valence-corrected chi connectivity index (χ1v) is 11.1. The van der Waals surface area contributed by atoms with Crippen LogP contribution in [-0.2, 0) is 19.4 Å². The van der Waals surface area contributed by atoms with E-state index in [2.05, 4.69) is 60.4 Å². The van der Waals surface area contributed by atoms with E-state index in [1.54, 1.807) is 7.11 Å². The lowest BCUT2D eigenvalue weighted by Gasteiger charge is -2.30. The number of hydrogen-bond donors (Lipinski definition) is 0. The Labute approximate surface area is 189 Å². The Hall–Kier alpha value is -3.59. The molecule has 0 saturated carbocycles. The maximum absolute atomic E-state index is 14.2. The van der Waals surface area contributed by atoms with E-state index < -0.39 is 0 Å². The molecule has 5 rings (SSSR count). The smallest absolute Gasteiger partial charge is 0.258 e. The lowest BCUT2D eigenvalue weighted by atomic mass is 10.0. The second kappa shape index (κ2) is 8.51. The maximum Gasteiger partial charge on any atom is 0.258 e. The lowest BCUT2D eigenvalue weighted by Crippen LogP contribution is -2.40. The van der Waals surface area contributed by atoms with Crippen LogP contribution in [0.15, 0.2) is 84.9 Å². The highest BCUT2D eigenvalue weighted by atomic mass is 16.5. The normalized spacial score (nSPS) is 13.2. The molecule has 160 valence electrons. The van der Waals surface area contributed by atoms with Crippen LogP contribution in [0, 0.1) is 6.92 Å². The van der Waals surface area contributed by atoms with E-state index in [-0.39, 0.29) is 11.9 Å². The number of carbonyl (C=O) groups excluding carboxylic acids is 1. The van der Waals surface area contributed by atoms with Crippen LogP contribution in [0.4, 0.5) is 0 Å². The number of benzene rings is 4. The number of fused-ring (bicyclic) bond motifs is 2. The van der Waals surface area contributed by atoms with Crippen LogP contribution < -0.4 is 4.74 Å². The number of amides is 1. The van der Waals surface area contributed by atoms with Gasteiger partial charge in [0.05, 0.1) is 12.7 Å². The zero-order valence-corrected chi connectivity index (χ0v) is 18.5. The van der Waals surface area contributed by atoms with E-state index in [4.69, 9.17) is 4.74 Å². The molecule has 0 aliphatic heterocycles. The maximum atomic E-state index is 14.2. The second-order valence-corrected chi connectivity index (χ2v) is 8.61. The van der Waals surface area contributed by atoms with Gasteiger partial charge in [0.2, 0.25) is 0 Å². The first-order valence-electron chi connectivity index (χ1n) is 11.1. The van der Waals surface area contributed by atoms with Crippen LogP contribution in [0.5, 0.6) is 5.75 Å². The molecule has 0 unspecified atom stereocenters. The number of rotatable bonds is 5. The zero-order valence-electron chi connectivity index (χ0n) is 18.5. The highest BCUT2D eigenvalue weighted by Gasteiger charge is 2.32. The van der Waals surface area contributed by atoms with E-state index >= 15 is 0 Å². The predicted octanol–water partition coefficient (Wildman–Crippen LogP) is 5.97. The number of aryl methyl sites for hydroxylation is 1. The van der Waals surface area contributed by atoms with Crippen molar-refractivity contribution in [3.05, 3.63) is 113 Å². The molecule has 0 saturated heterocycles. The second-order valence-electron chi connectivity index (χ2n) is 8.61. The van der Waals surface area contributed by atoms with Crippen molar-refractivity contribution in [2.24, 2.45) is 0 Å². The monoisotopic (exact) mass is 421 g/mol. The first-order chi connectivity index (χ1) is 15.6. The molecule has 3 nitrogen and oxygen atoms in total. The van der Waals surface area contributed by atoms with Crippen molar-refractivity contribution in [1.29, 1.82) is 0 Å². The minimum absolute atomic E-state index is 0.0250. The number of methoxy groups -OCH3 is 1. The van der Waals surface area contributed by atoms with E-state index in [0.717, 1.165) is 29.2 Å². The quantitative estimate of drug-likeness (QED) is 0.397. The van der Waals surface area contributed by atoms with Gasteiger partial charge in [-0.05, 0) is 53.3 Å². The Bertz CT molecular complexity index is 1250. The SMILES string of the molecule is COc1ccc2ccccc2c1C(=O)N(Cc1ccc(C)cc1)C1Cc2ccccc2C1. The highest BCUT2D eigenvalue weighted by molar-refractivity contribution is 6.09. The Morgan fingerprint density at radius 2 is 1.53 bits per heavy atom. The molecule has 4 aromatic carbocycles. The summed E-state index contributed by atoms with van der Waals surface area (Å²) >= 11 is 0. The van der Waals surface area contributed by atoms with Crippen molar-refractivity contribution in [1.82, 2.24) is 4.90 Å². The van der Waals surface area contributed by atoms with E-state index in [0.29, 0.717) is 17.9 Å². The third kappa shape index (κ3) is 3.75. The summed E-state index contributed by atoms with van der Waals surface area (Å²) in [5, 5.41) is 1.97. The summed E-state index contributed by atoms with van der Waals surface area (Å²) in [6.07, 6.45) is 1.75. The van der Waals surface area contributed by atoms with E-state index in [1.165, 1.54) is 16.7 Å². The summed E-state index contributed by atoms with van der Waals surface area (Å²) in [6, 6.07) is 29.1. The summed E-state index contributed by atoms with van der Waals surface area (Å²) in [5.74, 6) is 0.648. The molecule has 0 heterocycles. The summed E-state index contributed by atoms with van der Waals surface area (Å²) in [4.78, 5) is 16.2. The van der Waals surface area contributed by atoms with Crippen LogP contribution in [0.2, 0.25) is 0 Å². The summed E-state index contributed by atoms with van der Waals surface area (Å²) in [6.45, 7) is 2.66. The van der Waals surface area contributed by atoms with Gasteiger partial charge < -0.3 is 9.64 Å². The minimum atomic E-state index is 0.0250. The molecule has 0 fully saturated rings. The van der Waals surface area contributed by atoms with Crippen LogP contribution >= 0.6 is 0 Å². The van der Waals surface area contributed by atoms with Crippen LogP contribution in [0.1, 0.15) is 32.6 Å². The third-order valence-corrected chi connectivity index (χ3v) is 6.53. The summed E-state index contributed by atoms with van der Waals surface area (Å²) < 4.78 is 5.67. The molecule has 4 aromatic rings. The Morgan fingerprint density at radius 3 is 2.22 bits per heavy atom. The van der Waals surface area contributed by atoms with Gasteiger partial charge in [0.15, 0.2) is 0 Å². The molecule has 3 heteroatoms. The molecule has 0 aromatic heterocycles. The van der Waals surface area contributed by atoms with Crippen molar-refractivity contribution in [2.75, 3.05) is 7.11 Å². The highest BCUT2D eigenvalue weighted by Crippen LogP contribution is 2.33. The van der Waals surface area contributed by atoms with Crippen molar-refractivity contribution < 1.29 is 9.53 Å². The zero-order chi connectivity index (χ0) is 22.1. The van der Waals surface area contributed by atoms with Crippen LogP contribution in [0.25, 0.3) is 10.8 Å². The molecule has 1 amide bonds. The number of nitrogens with zero attached hydrogens (tertiary/aromatic N) is 1. The average Bonchev–Trinajstić information content (AvgIpc) is 3.26. The fourth-order valence-corrected chi connectivity index (χ4v) is 4.80. The van der Waals surface area contributed by atoms with Gasteiger partial charge in [0.1, 0.15) is 5.75 Å². The third-order valence-electron chi connectivity index (χ3n) is 6.53. The number of ether oxygens (including phenoxy) is 1. The van der Waals surface area contributed by atoms with Gasteiger partial charge in [0, 0.05) is 12.6 Å².